The number of fused-ring (bicyclic) bond motifs is 1. The van der Waals surface area contributed by atoms with Gasteiger partial charge < -0.3 is 23.8 Å². The first kappa shape index (κ1) is 29.7. The Morgan fingerprint density at radius 3 is 2.30 bits per heavy atom. The highest BCUT2D eigenvalue weighted by molar-refractivity contribution is 8.45. The lowest BCUT2D eigenvalue weighted by Gasteiger charge is -2.41. The van der Waals surface area contributed by atoms with E-state index in [0.29, 0.717) is 0 Å². The van der Waals surface area contributed by atoms with Gasteiger partial charge in [0, 0.05) is 18.9 Å². The second-order valence-corrected chi connectivity index (χ2v) is 9.83. The van der Waals surface area contributed by atoms with Crippen molar-refractivity contribution in [3.8, 4) is 5.75 Å². The molecule has 1 aliphatic heterocycles. The summed E-state index contributed by atoms with van der Waals surface area (Å²) < 4.78 is 124. The van der Waals surface area contributed by atoms with Gasteiger partial charge in [0.05, 0.1) is 12.2 Å². The average molecular weight is 575 g/mol. The van der Waals surface area contributed by atoms with E-state index in [4.69, 9.17) is 0 Å². The third kappa shape index (κ3) is 8.53. The topological polar surface area (TPSA) is 123 Å². The average Bonchev–Trinajstić information content (AvgIpc) is 2.69. The number of alkyl halides is 3. The Morgan fingerprint density at radius 2 is 1.76 bits per heavy atom. The molecule has 0 aromatic heterocycles. The fourth-order valence-electron chi connectivity index (χ4n) is 2.75. The lowest BCUT2D eigenvalue weighted by molar-refractivity contribution is -0.767. The van der Waals surface area contributed by atoms with E-state index in [9.17, 15) is 52.3 Å². The summed E-state index contributed by atoms with van der Waals surface area (Å²) >= 11 is 0. The summed E-state index contributed by atoms with van der Waals surface area (Å²) in [5.41, 5.74) is -2.34. The van der Waals surface area contributed by atoms with Gasteiger partial charge in [-0.15, -0.1) is 10.1 Å². The number of carbonyl (C=O) groups excluding carboxylic acids is 2. The molecule has 2 rings (SSSR count). The Labute approximate surface area is 201 Å². The molecule has 1 aliphatic rings. The number of hydrogen-bond acceptors (Lipinski definition) is 9. The minimum atomic E-state index is -10.2. The van der Waals surface area contributed by atoms with Crippen LogP contribution in [0.4, 0.5) is 37.4 Å². The van der Waals surface area contributed by atoms with Crippen molar-refractivity contribution in [1.29, 1.82) is 0 Å². The molecule has 10 nitrogen and oxygen atoms in total. The van der Waals surface area contributed by atoms with Crippen molar-refractivity contribution >= 4 is 28.4 Å². The maximum absolute atomic E-state index is 13.4. The summed E-state index contributed by atoms with van der Waals surface area (Å²) in [6, 6.07) is -0.0896. The Balaban J connectivity index is 2.17. The Kier molecular flexibility index (Phi) is 7.56. The molecule has 1 heterocycles. The predicted octanol–water partition coefficient (Wildman–Crippen LogP) is 6.08. The van der Waals surface area contributed by atoms with Gasteiger partial charge in [-0.05, 0) is 31.2 Å². The van der Waals surface area contributed by atoms with E-state index in [-0.39, 0.29) is 30.7 Å². The van der Waals surface area contributed by atoms with Gasteiger partial charge in [-0.1, -0.05) is 19.4 Å². The Hall–Kier alpha value is -3.51. The van der Waals surface area contributed by atoms with Gasteiger partial charge in [0.15, 0.2) is 0 Å². The molecule has 210 valence electrons. The van der Waals surface area contributed by atoms with Crippen molar-refractivity contribution in [2.45, 2.75) is 49.8 Å². The number of hydrogen-bond donors (Lipinski definition) is 0. The standard InChI is InChI=1S/C18H17F8NO9S/c1-9(36-27(30)31)5-6-32-17(29)34-10(2)33-16(28)13-8-11-7-12(37(22,23,24,25)26)3-4-14(11)35-15(13)18(19,20)21/h3-4,7-10,15H,5-6H2,1-2H3. The minimum absolute atomic E-state index is 0.156. The van der Waals surface area contributed by atoms with E-state index in [1.165, 1.54) is 6.92 Å². The van der Waals surface area contributed by atoms with Crippen molar-refractivity contribution in [3.05, 3.63) is 39.4 Å². The molecule has 0 saturated heterocycles. The van der Waals surface area contributed by atoms with E-state index in [2.05, 4.69) is 23.8 Å². The van der Waals surface area contributed by atoms with Crippen molar-refractivity contribution in [2.24, 2.45) is 0 Å². The quantitative estimate of drug-likeness (QED) is 0.113. The van der Waals surface area contributed by atoms with Gasteiger partial charge in [0.2, 0.25) is 12.4 Å². The molecule has 0 bridgehead atoms. The van der Waals surface area contributed by atoms with Crippen molar-refractivity contribution in [3.63, 3.8) is 0 Å². The van der Waals surface area contributed by atoms with Crippen molar-refractivity contribution < 1.29 is 71.1 Å². The summed E-state index contributed by atoms with van der Waals surface area (Å²) in [5.74, 6) is -2.73. The van der Waals surface area contributed by atoms with Crippen LogP contribution >= 0.6 is 10.2 Å². The van der Waals surface area contributed by atoms with Crippen LogP contribution in [0.25, 0.3) is 6.08 Å². The third-order valence-corrected chi connectivity index (χ3v) is 5.49. The largest absolute Gasteiger partial charge is 0.511 e. The molecular weight excluding hydrogens is 558 g/mol. The molecule has 19 heteroatoms. The van der Waals surface area contributed by atoms with E-state index < -0.39 is 80.5 Å². The van der Waals surface area contributed by atoms with Crippen LogP contribution in [0.2, 0.25) is 0 Å². The van der Waals surface area contributed by atoms with Crippen molar-refractivity contribution in [1.82, 2.24) is 0 Å². The summed E-state index contributed by atoms with van der Waals surface area (Å²) in [5, 5.41) is 9.08. The summed E-state index contributed by atoms with van der Waals surface area (Å²) in [4.78, 5) is 35.8. The first-order valence-corrected chi connectivity index (χ1v) is 11.7. The number of rotatable bonds is 9. The maximum Gasteiger partial charge on any atom is 0.511 e. The minimum Gasteiger partial charge on any atom is -0.475 e. The Bertz CT molecular complexity index is 1110. The van der Waals surface area contributed by atoms with E-state index in [1.807, 2.05) is 0 Å². The molecule has 0 spiro atoms. The van der Waals surface area contributed by atoms with Gasteiger partial charge in [0.1, 0.15) is 16.7 Å². The van der Waals surface area contributed by atoms with E-state index in [0.717, 1.165) is 6.92 Å². The third-order valence-electron chi connectivity index (χ3n) is 4.34. The molecule has 3 atom stereocenters. The fraction of sp³-hybridized carbons (Fsp3) is 0.444. The predicted molar refractivity (Wildman–Crippen MR) is 106 cm³/mol. The van der Waals surface area contributed by atoms with Crippen molar-refractivity contribution in [2.75, 3.05) is 6.61 Å². The SMILES string of the molecule is CC(CCOC(=O)OC(C)OC(=O)C1=Cc2cc(S(F)(F)(F)(F)F)ccc2OC1C(F)(F)F)O[N+](=O)[O-]. The summed E-state index contributed by atoms with van der Waals surface area (Å²) in [7, 11) is -10.2. The van der Waals surface area contributed by atoms with Crippen LogP contribution in [0.3, 0.4) is 0 Å². The first-order chi connectivity index (χ1) is 16.6. The highest BCUT2D eigenvalue weighted by Crippen LogP contribution is 3.02. The zero-order valence-electron chi connectivity index (χ0n) is 18.5. The molecule has 1 aromatic carbocycles. The maximum atomic E-state index is 13.4. The molecule has 0 radical (unpaired) electrons. The number of halogens is 8. The smallest absolute Gasteiger partial charge is 0.475 e. The molecule has 3 unspecified atom stereocenters. The lowest BCUT2D eigenvalue weighted by Crippen LogP contribution is -2.41. The van der Waals surface area contributed by atoms with Crippen LogP contribution in [0, 0.1) is 10.1 Å². The second-order valence-electron chi connectivity index (χ2n) is 7.43. The zero-order chi connectivity index (χ0) is 28.5. The molecule has 0 fully saturated rings. The zero-order valence-corrected chi connectivity index (χ0v) is 19.3. The van der Waals surface area contributed by atoms with E-state index >= 15 is 0 Å². The molecule has 0 aliphatic carbocycles. The summed E-state index contributed by atoms with van der Waals surface area (Å²) in [6.45, 7) is 1.68. The Morgan fingerprint density at radius 1 is 1.14 bits per heavy atom. The number of benzene rings is 1. The normalized spacial score (nSPS) is 19.0. The van der Waals surface area contributed by atoms with Gasteiger partial charge >= 0.3 is 28.5 Å². The van der Waals surface area contributed by atoms with Crippen LogP contribution in [0.1, 0.15) is 25.8 Å². The molecule has 37 heavy (non-hydrogen) atoms. The molecule has 1 aromatic rings. The lowest BCUT2D eigenvalue weighted by atomic mass is 10.0. The van der Waals surface area contributed by atoms with Gasteiger partial charge in [-0.2, -0.15) is 13.2 Å². The van der Waals surface area contributed by atoms with E-state index in [1.54, 1.807) is 0 Å². The fourth-order valence-corrected chi connectivity index (χ4v) is 3.42. The highest BCUT2D eigenvalue weighted by Gasteiger charge is 2.65. The molecule has 0 saturated carbocycles. The molecule has 0 N–H and O–H groups in total. The van der Waals surface area contributed by atoms with Crippen LogP contribution in [0.15, 0.2) is 28.7 Å². The van der Waals surface area contributed by atoms with Gasteiger partial charge in [0.25, 0.3) is 5.09 Å². The number of esters is 1. The summed E-state index contributed by atoms with van der Waals surface area (Å²) in [6.07, 6.45) is -12.7. The molecular formula is C18H17F8NO9S. The van der Waals surface area contributed by atoms with Crippen LogP contribution in [0.5, 0.6) is 5.75 Å². The van der Waals surface area contributed by atoms with Crippen LogP contribution < -0.4 is 4.74 Å². The van der Waals surface area contributed by atoms with Crippen LogP contribution in [-0.2, 0) is 23.8 Å². The number of carbonyl (C=O) groups is 2. The second kappa shape index (κ2) is 9.42. The van der Waals surface area contributed by atoms with Gasteiger partial charge in [-0.3, -0.25) is 0 Å². The highest BCUT2D eigenvalue weighted by atomic mass is 32.5. The van der Waals surface area contributed by atoms with Gasteiger partial charge in [-0.25, -0.2) is 9.59 Å². The number of nitrogens with zero attached hydrogens (tertiary/aromatic N) is 1. The first-order valence-electron chi connectivity index (χ1n) is 9.75. The molecule has 0 amide bonds. The van der Waals surface area contributed by atoms with Crippen LogP contribution in [-0.4, -0.2) is 48.5 Å². The monoisotopic (exact) mass is 575 g/mol. The number of ether oxygens (including phenoxy) is 4.